The number of thiophene rings is 2. The molecule has 2 nitrogen and oxygen atoms in total. The monoisotopic (exact) mass is 720 g/mol. The molecule has 5 heteroatoms. The van der Waals surface area contributed by atoms with Gasteiger partial charge in [-0.1, -0.05) is 89.4 Å². The van der Waals surface area contributed by atoms with E-state index in [1.807, 2.05) is 22.7 Å². The van der Waals surface area contributed by atoms with Gasteiger partial charge in [0.25, 0.3) is 0 Å². The van der Waals surface area contributed by atoms with Crippen LogP contribution in [0.4, 0.5) is 0 Å². The molecule has 1 aliphatic rings. The van der Waals surface area contributed by atoms with Crippen LogP contribution < -0.4 is 25.9 Å². The predicted octanol–water partition coefficient (Wildman–Crippen LogP) is 12.4. The van der Waals surface area contributed by atoms with Gasteiger partial charge in [-0.15, -0.1) is 22.7 Å². The molecule has 0 spiro atoms. The average Bonchev–Trinajstić information content (AvgIpc) is 3.74. The second kappa shape index (κ2) is 12.1. The zero-order valence-corrected chi connectivity index (χ0v) is 32.3. The first-order valence-corrected chi connectivity index (χ1v) is 20.0. The van der Waals surface area contributed by atoms with Gasteiger partial charge in [0, 0.05) is 20.2 Å². The Morgan fingerprint density at radius 1 is 0.453 bits per heavy atom. The topological polar surface area (TPSA) is 18.5 Å². The molecule has 9 aromatic rings. The van der Waals surface area contributed by atoms with Gasteiger partial charge < -0.3 is 9.47 Å². The molecule has 0 atom stereocenters. The Kier molecular flexibility index (Phi) is 7.37. The van der Waals surface area contributed by atoms with E-state index in [1.54, 1.807) is 0 Å². The van der Waals surface area contributed by atoms with Gasteiger partial charge in [-0.2, -0.15) is 0 Å². The highest BCUT2D eigenvalue weighted by Crippen LogP contribution is 2.42. The third kappa shape index (κ3) is 4.98. The SMILES string of the molecule is Cc1cc(C)c(Oc2cccc3c(B4c5csc6cccc(c56)-c5cccc6scc4c56)c4cccc(Oc5c(C)cc(C)cc5C)c4cc23)c(C)c1. The van der Waals surface area contributed by atoms with Crippen LogP contribution in [0.25, 0.3) is 52.8 Å². The number of aryl methyl sites for hydroxylation is 6. The molecule has 1 aliphatic heterocycles. The zero-order chi connectivity index (χ0) is 36.1. The summed E-state index contributed by atoms with van der Waals surface area (Å²) in [4.78, 5) is 0. The van der Waals surface area contributed by atoms with Crippen LogP contribution in [0.15, 0.2) is 114 Å². The Balaban J connectivity index is 1.32. The second-order valence-electron chi connectivity index (χ2n) is 14.8. The standard InChI is InChI=1S/C48H37BO2S2/c1-26-19-28(3)47(29(4)20-26)50-40-15-7-13-34-36(40)23-37-35(14-8-16-41(37)51-48-30(5)21-27(2)22-31(48)6)46(34)49-38-24-52-42-17-9-11-32(44(38)42)33-12-10-18-43-45(33)39(49)25-53-43/h7-25H,1-6H3. The minimum atomic E-state index is -0.00954. The summed E-state index contributed by atoms with van der Waals surface area (Å²) in [6.07, 6.45) is 0. The van der Waals surface area contributed by atoms with Crippen LogP contribution in [0.3, 0.4) is 0 Å². The molecule has 2 aromatic heterocycles. The molecule has 0 bridgehead atoms. The molecular formula is C48H37BO2S2. The van der Waals surface area contributed by atoms with Crippen LogP contribution >= 0.6 is 22.7 Å². The van der Waals surface area contributed by atoms with Crippen molar-refractivity contribution in [1.29, 1.82) is 0 Å². The van der Waals surface area contributed by atoms with Gasteiger partial charge in [-0.3, -0.25) is 0 Å². The number of hydrogen-bond donors (Lipinski definition) is 0. The summed E-state index contributed by atoms with van der Waals surface area (Å²) in [5, 5.41) is 12.1. The number of ether oxygens (including phenoxy) is 2. The van der Waals surface area contributed by atoms with Crippen molar-refractivity contribution in [2.45, 2.75) is 41.5 Å². The second-order valence-corrected chi connectivity index (χ2v) is 16.6. The molecule has 0 saturated carbocycles. The summed E-state index contributed by atoms with van der Waals surface area (Å²) in [5.41, 5.74) is 13.6. The van der Waals surface area contributed by atoms with Crippen LogP contribution in [-0.2, 0) is 0 Å². The van der Waals surface area contributed by atoms with E-state index < -0.39 is 0 Å². The summed E-state index contributed by atoms with van der Waals surface area (Å²) in [6.45, 7) is 12.8. The molecular weight excluding hydrogens is 683 g/mol. The van der Waals surface area contributed by atoms with Crippen molar-refractivity contribution in [1.82, 2.24) is 0 Å². The van der Waals surface area contributed by atoms with Gasteiger partial charge in [0.2, 0.25) is 6.71 Å². The molecule has 0 radical (unpaired) electrons. The lowest BCUT2D eigenvalue weighted by atomic mass is 9.36. The molecule has 0 N–H and O–H groups in total. The Hall–Kier alpha value is -5.36. The number of hydrogen-bond acceptors (Lipinski definition) is 4. The molecule has 0 unspecified atom stereocenters. The molecule has 0 amide bonds. The van der Waals surface area contributed by atoms with Crippen molar-refractivity contribution in [3.05, 3.63) is 147 Å². The Bertz CT molecular complexity index is 2740. The lowest BCUT2D eigenvalue weighted by molar-refractivity contribution is 0.479. The van der Waals surface area contributed by atoms with Crippen LogP contribution in [0.1, 0.15) is 33.4 Å². The van der Waals surface area contributed by atoms with E-state index in [9.17, 15) is 0 Å². The van der Waals surface area contributed by atoms with Crippen molar-refractivity contribution < 1.29 is 9.47 Å². The third-order valence-electron chi connectivity index (χ3n) is 11.1. The summed E-state index contributed by atoms with van der Waals surface area (Å²) in [5.74, 6) is 3.52. The van der Waals surface area contributed by atoms with E-state index in [0.29, 0.717) is 0 Å². The number of fused-ring (bicyclic) bond motifs is 3. The zero-order valence-electron chi connectivity index (χ0n) is 30.7. The smallest absolute Gasteiger partial charge is 0.246 e. The Morgan fingerprint density at radius 2 is 0.868 bits per heavy atom. The fourth-order valence-corrected chi connectivity index (χ4v) is 11.1. The first-order chi connectivity index (χ1) is 25.7. The third-order valence-corrected chi connectivity index (χ3v) is 13.0. The van der Waals surface area contributed by atoms with E-state index in [2.05, 4.69) is 155 Å². The molecule has 3 heterocycles. The van der Waals surface area contributed by atoms with Crippen molar-refractivity contribution in [2.75, 3.05) is 0 Å². The van der Waals surface area contributed by atoms with Gasteiger partial charge >= 0.3 is 0 Å². The van der Waals surface area contributed by atoms with Crippen LogP contribution in [0.2, 0.25) is 0 Å². The van der Waals surface area contributed by atoms with Crippen molar-refractivity contribution in [3.63, 3.8) is 0 Å². The van der Waals surface area contributed by atoms with Crippen molar-refractivity contribution in [2.24, 2.45) is 0 Å². The van der Waals surface area contributed by atoms with E-state index in [4.69, 9.17) is 9.47 Å². The molecule has 10 rings (SSSR count). The summed E-state index contributed by atoms with van der Waals surface area (Å²) in [7, 11) is 0. The Morgan fingerprint density at radius 3 is 1.30 bits per heavy atom. The van der Waals surface area contributed by atoms with Crippen molar-refractivity contribution in [3.8, 4) is 34.1 Å². The van der Waals surface area contributed by atoms with E-state index in [0.717, 1.165) is 56.0 Å². The highest BCUT2D eigenvalue weighted by molar-refractivity contribution is 7.23. The van der Waals surface area contributed by atoms with Gasteiger partial charge in [-0.05, 0) is 148 Å². The normalized spacial score (nSPS) is 12.3. The molecule has 256 valence electrons. The van der Waals surface area contributed by atoms with Crippen LogP contribution in [0.5, 0.6) is 23.0 Å². The molecule has 0 aliphatic carbocycles. The minimum absolute atomic E-state index is 0.00954. The summed E-state index contributed by atoms with van der Waals surface area (Å²) >= 11 is 3.70. The molecule has 0 fully saturated rings. The van der Waals surface area contributed by atoms with Crippen LogP contribution in [0, 0.1) is 41.5 Å². The van der Waals surface area contributed by atoms with Crippen molar-refractivity contribution >= 4 is 87.5 Å². The van der Waals surface area contributed by atoms with Gasteiger partial charge in [0.15, 0.2) is 0 Å². The summed E-state index contributed by atoms with van der Waals surface area (Å²) in [6, 6.07) is 37.9. The first kappa shape index (κ1) is 32.3. The minimum Gasteiger partial charge on any atom is -0.456 e. The fourth-order valence-electron chi connectivity index (χ4n) is 9.09. The van der Waals surface area contributed by atoms with Gasteiger partial charge in [-0.25, -0.2) is 0 Å². The van der Waals surface area contributed by atoms with E-state index >= 15 is 0 Å². The molecule has 7 aromatic carbocycles. The maximum Gasteiger partial charge on any atom is 0.246 e. The molecule has 53 heavy (non-hydrogen) atoms. The number of benzene rings is 7. The van der Waals surface area contributed by atoms with E-state index in [-0.39, 0.29) is 6.71 Å². The largest absolute Gasteiger partial charge is 0.456 e. The highest BCUT2D eigenvalue weighted by atomic mass is 32.1. The van der Waals surface area contributed by atoms with Gasteiger partial charge in [0.1, 0.15) is 23.0 Å². The number of rotatable bonds is 5. The van der Waals surface area contributed by atoms with Crippen LogP contribution in [-0.4, -0.2) is 6.71 Å². The molecule has 0 saturated heterocycles. The Labute approximate surface area is 318 Å². The lowest BCUT2D eigenvalue weighted by Gasteiger charge is -2.22. The highest BCUT2D eigenvalue weighted by Gasteiger charge is 2.35. The summed E-state index contributed by atoms with van der Waals surface area (Å²) < 4.78 is 16.6. The quantitative estimate of drug-likeness (QED) is 0.130. The maximum absolute atomic E-state index is 6.99. The average molecular weight is 721 g/mol. The maximum atomic E-state index is 6.99. The lowest BCUT2D eigenvalue weighted by Crippen LogP contribution is -2.51. The first-order valence-electron chi connectivity index (χ1n) is 18.3. The van der Waals surface area contributed by atoms with Gasteiger partial charge in [0.05, 0.1) is 0 Å². The predicted molar refractivity (Wildman–Crippen MR) is 230 cm³/mol. The fraction of sp³-hybridized carbons (Fsp3) is 0.125. The van der Waals surface area contributed by atoms with E-state index in [1.165, 1.54) is 69.6 Å².